The molecule has 0 spiro atoms. The van der Waals surface area contributed by atoms with Crippen molar-refractivity contribution in [2.45, 2.75) is 39.7 Å². The summed E-state index contributed by atoms with van der Waals surface area (Å²) in [6.45, 7) is 3.85. The smallest absolute Gasteiger partial charge is 0.339 e. The molecule has 0 saturated heterocycles. The lowest BCUT2D eigenvalue weighted by Gasteiger charge is -2.09. The van der Waals surface area contributed by atoms with Gasteiger partial charge in [-0.05, 0) is 55.3 Å². The largest absolute Gasteiger partial charge is 0.352 e. The number of halogens is 1. The lowest BCUT2D eigenvalue weighted by Crippen LogP contribution is -2.41. The summed E-state index contributed by atoms with van der Waals surface area (Å²) >= 11 is 5.94. The molecule has 0 unspecified atom stereocenters. The molecule has 2 aromatic carbocycles. The number of amides is 1. The van der Waals surface area contributed by atoms with Gasteiger partial charge in [0, 0.05) is 30.1 Å². The molecular weight excluding hydrogens is 472 g/mol. The van der Waals surface area contributed by atoms with Crippen molar-refractivity contribution in [1.29, 1.82) is 0 Å². The van der Waals surface area contributed by atoms with Gasteiger partial charge in [0.2, 0.25) is 17.6 Å². The summed E-state index contributed by atoms with van der Waals surface area (Å²) < 4.78 is 7.36. The van der Waals surface area contributed by atoms with Crippen LogP contribution in [0.1, 0.15) is 31.7 Å². The first kappa shape index (κ1) is 24.1. The van der Waals surface area contributed by atoms with Crippen LogP contribution in [-0.4, -0.2) is 30.4 Å². The Morgan fingerprint density at radius 1 is 1.11 bits per heavy atom. The Hall–Kier alpha value is -4.05. The number of hydrogen-bond acceptors (Lipinski definition) is 7. The second-order valence-electron chi connectivity index (χ2n) is 7.68. The second-order valence-corrected chi connectivity index (χ2v) is 8.12. The highest BCUT2D eigenvalue weighted by molar-refractivity contribution is 6.30. The molecule has 4 aromatic rings. The van der Waals surface area contributed by atoms with Gasteiger partial charge >= 0.3 is 5.69 Å². The van der Waals surface area contributed by atoms with Gasteiger partial charge in [0.25, 0.3) is 5.56 Å². The van der Waals surface area contributed by atoms with Gasteiger partial charge in [-0.15, -0.1) is 0 Å². The predicted molar refractivity (Wildman–Crippen MR) is 131 cm³/mol. The summed E-state index contributed by atoms with van der Waals surface area (Å²) in [5, 5.41) is 11.4. The van der Waals surface area contributed by atoms with Crippen LogP contribution in [0, 0.1) is 0 Å². The fourth-order valence-electron chi connectivity index (χ4n) is 3.45. The molecule has 35 heavy (non-hydrogen) atoms. The van der Waals surface area contributed by atoms with Crippen LogP contribution in [0.15, 0.2) is 62.6 Å². The maximum Gasteiger partial charge on any atom is 0.352 e. The van der Waals surface area contributed by atoms with E-state index in [1.807, 2.05) is 31.2 Å². The summed E-state index contributed by atoms with van der Waals surface area (Å²) in [6.07, 6.45) is 1.15. The van der Waals surface area contributed by atoms with Crippen LogP contribution >= 0.6 is 11.6 Å². The normalized spacial score (nSPS) is 10.9. The monoisotopic (exact) mass is 494 g/mol. The minimum Gasteiger partial charge on any atom is -0.339 e. The number of carbonyl (C=O) groups excluding carboxylic acids is 1. The van der Waals surface area contributed by atoms with Crippen molar-refractivity contribution in [3.63, 3.8) is 0 Å². The van der Waals surface area contributed by atoms with E-state index in [1.165, 1.54) is 0 Å². The lowest BCUT2D eigenvalue weighted by atomic mass is 10.1. The fourth-order valence-corrected chi connectivity index (χ4v) is 3.58. The van der Waals surface area contributed by atoms with Crippen LogP contribution in [0.25, 0.3) is 17.2 Å². The molecule has 1 amide bonds. The van der Waals surface area contributed by atoms with Gasteiger partial charge < -0.3 is 9.84 Å². The lowest BCUT2D eigenvalue weighted by molar-refractivity contribution is -0.116. The van der Waals surface area contributed by atoms with Crippen LogP contribution in [0.2, 0.25) is 5.02 Å². The minimum atomic E-state index is -0.636. The average molecular weight is 495 g/mol. The quantitative estimate of drug-likeness (QED) is 0.398. The molecule has 0 radical (unpaired) electrons. The first-order chi connectivity index (χ1) is 16.9. The van der Waals surface area contributed by atoms with Crippen molar-refractivity contribution < 1.29 is 9.32 Å². The maximum atomic E-state index is 12.9. The molecule has 0 saturated carbocycles. The van der Waals surface area contributed by atoms with E-state index in [0.29, 0.717) is 16.4 Å². The Balaban J connectivity index is 1.55. The number of benzene rings is 2. The average Bonchev–Trinajstić information content (AvgIpc) is 3.33. The third-order valence-electron chi connectivity index (χ3n) is 5.31. The summed E-state index contributed by atoms with van der Waals surface area (Å²) in [6, 6.07) is 14.1. The molecule has 1 N–H and O–H groups in total. The van der Waals surface area contributed by atoms with Crippen molar-refractivity contribution in [1.82, 2.24) is 24.5 Å². The first-order valence-corrected chi connectivity index (χ1v) is 11.5. The molecule has 2 heterocycles. The van der Waals surface area contributed by atoms with E-state index in [2.05, 4.69) is 20.6 Å². The Morgan fingerprint density at radius 2 is 1.89 bits per heavy atom. The summed E-state index contributed by atoms with van der Waals surface area (Å²) in [4.78, 5) is 42.2. The van der Waals surface area contributed by atoms with Crippen LogP contribution in [0.5, 0.6) is 0 Å². The number of aryl methyl sites for hydroxylation is 2. The van der Waals surface area contributed by atoms with E-state index in [4.69, 9.17) is 16.1 Å². The molecule has 0 bridgehead atoms. The van der Waals surface area contributed by atoms with Crippen LogP contribution in [0.4, 0.5) is 5.69 Å². The van der Waals surface area contributed by atoms with Crippen molar-refractivity contribution >= 4 is 23.2 Å². The van der Waals surface area contributed by atoms with Gasteiger partial charge in [-0.2, -0.15) is 14.8 Å². The number of nitrogens with one attached hydrogen (secondary N) is 1. The van der Waals surface area contributed by atoms with Crippen molar-refractivity contribution in [3.8, 4) is 17.2 Å². The van der Waals surface area contributed by atoms with E-state index in [0.717, 1.165) is 21.2 Å². The highest BCUT2D eigenvalue weighted by Crippen LogP contribution is 2.15. The first-order valence-electron chi connectivity index (χ1n) is 11.1. The Bertz CT molecular complexity index is 1470. The van der Waals surface area contributed by atoms with E-state index < -0.39 is 11.2 Å². The zero-order chi connectivity index (χ0) is 24.9. The molecular formula is C24H23ClN6O4. The zero-order valence-corrected chi connectivity index (χ0v) is 20.0. The van der Waals surface area contributed by atoms with Crippen molar-refractivity contribution in [2.24, 2.45) is 0 Å². The fraction of sp³-hybridized carbons (Fsp3) is 0.250. The van der Waals surface area contributed by atoms with Crippen LogP contribution in [0.3, 0.4) is 0 Å². The molecule has 11 heteroatoms. The number of aromatic nitrogens is 5. The molecule has 0 atom stereocenters. The van der Waals surface area contributed by atoms with Gasteiger partial charge in [-0.1, -0.05) is 35.8 Å². The standard InChI is InChI=1S/C24H23ClN6O4/c1-3-15-6-5-7-17(14-15)26-19(32)12-13-20-27-22(29-35-20)21-23(33)30(4-2)24(34)31(28-21)18-10-8-16(25)9-11-18/h5-11,14H,3-4,12-13H2,1-2H3,(H,26,32). The Morgan fingerprint density at radius 3 is 2.60 bits per heavy atom. The molecule has 4 rings (SSSR count). The highest BCUT2D eigenvalue weighted by atomic mass is 35.5. The summed E-state index contributed by atoms with van der Waals surface area (Å²) in [7, 11) is 0. The van der Waals surface area contributed by atoms with Crippen LogP contribution in [-0.2, 0) is 24.2 Å². The van der Waals surface area contributed by atoms with Gasteiger partial charge in [0.15, 0.2) is 5.69 Å². The third kappa shape index (κ3) is 5.38. The van der Waals surface area contributed by atoms with Crippen LogP contribution < -0.4 is 16.6 Å². The SMILES string of the molecule is CCc1cccc(NC(=O)CCc2nc(-c3nn(-c4ccc(Cl)cc4)c(=O)n(CC)c3=O)no2)c1. The number of anilines is 1. The van der Waals surface area contributed by atoms with Gasteiger partial charge in [0.05, 0.1) is 5.69 Å². The van der Waals surface area contributed by atoms with Crippen molar-refractivity contribution in [3.05, 3.63) is 85.8 Å². The molecule has 10 nitrogen and oxygen atoms in total. The Labute approximate surface area is 205 Å². The Kier molecular flexibility index (Phi) is 7.21. The van der Waals surface area contributed by atoms with E-state index in [1.54, 1.807) is 31.2 Å². The van der Waals surface area contributed by atoms with Crippen molar-refractivity contribution in [2.75, 3.05) is 5.32 Å². The van der Waals surface area contributed by atoms with Gasteiger partial charge in [-0.25, -0.2) is 4.79 Å². The molecule has 0 aliphatic heterocycles. The summed E-state index contributed by atoms with van der Waals surface area (Å²) in [5.41, 5.74) is 0.885. The number of nitrogens with zero attached hydrogens (tertiary/aromatic N) is 5. The van der Waals surface area contributed by atoms with E-state index in [9.17, 15) is 14.4 Å². The molecule has 0 aliphatic carbocycles. The molecule has 180 valence electrons. The topological polar surface area (TPSA) is 125 Å². The predicted octanol–water partition coefficient (Wildman–Crippen LogP) is 3.25. The highest BCUT2D eigenvalue weighted by Gasteiger charge is 2.20. The molecule has 2 aromatic heterocycles. The second kappa shape index (κ2) is 10.5. The van der Waals surface area contributed by atoms with E-state index in [-0.39, 0.29) is 42.7 Å². The minimum absolute atomic E-state index is 0.0639. The zero-order valence-electron chi connectivity index (χ0n) is 19.2. The number of rotatable bonds is 8. The number of hydrogen-bond donors (Lipinski definition) is 1. The van der Waals surface area contributed by atoms with Gasteiger partial charge in [0.1, 0.15) is 0 Å². The number of carbonyl (C=O) groups is 1. The maximum absolute atomic E-state index is 12.9. The summed E-state index contributed by atoms with van der Waals surface area (Å²) in [5.74, 6) is -0.0994. The third-order valence-corrected chi connectivity index (χ3v) is 5.56. The van der Waals surface area contributed by atoms with Gasteiger partial charge in [-0.3, -0.25) is 14.2 Å². The molecule has 0 fully saturated rings. The molecule has 0 aliphatic rings. The van der Waals surface area contributed by atoms with E-state index >= 15 is 0 Å².